The van der Waals surface area contributed by atoms with E-state index in [0.717, 1.165) is 19.0 Å². The van der Waals surface area contributed by atoms with Crippen molar-refractivity contribution in [1.29, 1.82) is 0 Å². The van der Waals surface area contributed by atoms with Crippen LogP contribution in [0.3, 0.4) is 0 Å². The minimum absolute atomic E-state index is 0.285. The Morgan fingerprint density at radius 2 is 1.82 bits per heavy atom. The molecule has 0 aliphatic heterocycles. The van der Waals surface area contributed by atoms with Gasteiger partial charge in [0.2, 0.25) is 17.8 Å². The summed E-state index contributed by atoms with van der Waals surface area (Å²) >= 11 is 0. The van der Waals surface area contributed by atoms with Crippen LogP contribution in [0.1, 0.15) is 19.8 Å². The van der Waals surface area contributed by atoms with Crippen molar-refractivity contribution < 1.29 is 0 Å². The van der Waals surface area contributed by atoms with Gasteiger partial charge in [-0.1, -0.05) is 0 Å². The second-order valence-corrected chi connectivity index (χ2v) is 4.67. The molecule has 1 aromatic heterocycles. The quantitative estimate of drug-likeness (QED) is 0.813. The van der Waals surface area contributed by atoms with Crippen LogP contribution in [0.15, 0.2) is 0 Å². The standard InChI is InChI=1S/C11H20N6/c1-4-17(7-8-5-6-8)11-14-9(12)13-10(15-11)16(2)3/h8H,4-7H2,1-3H3,(H2,12,13,14,15). The van der Waals surface area contributed by atoms with Crippen molar-refractivity contribution in [2.45, 2.75) is 19.8 Å². The summed E-state index contributed by atoms with van der Waals surface area (Å²) in [6.07, 6.45) is 2.63. The number of nitrogen functional groups attached to an aromatic ring is 1. The molecule has 0 aromatic carbocycles. The highest BCUT2D eigenvalue weighted by atomic mass is 15.3. The monoisotopic (exact) mass is 236 g/mol. The van der Waals surface area contributed by atoms with Crippen molar-refractivity contribution in [2.75, 3.05) is 42.7 Å². The third-order valence-corrected chi connectivity index (χ3v) is 2.87. The molecule has 2 rings (SSSR count). The van der Waals surface area contributed by atoms with Gasteiger partial charge < -0.3 is 15.5 Å². The van der Waals surface area contributed by atoms with E-state index in [4.69, 9.17) is 5.73 Å². The molecule has 1 aromatic rings. The maximum Gasteiger partial charge on any atom is 0.231 e. The van der Waals surface area contributed by atoms with Gasteiger partial charge in [0.05, 0.1) is 0 Å². The summed E-state index contributed by atoms with van der Waals surface area (Å²) in [4.78, 5) is 16.8. The molecule has 0 radical (unpaired) electrons. The van der Waals surface area contributed by atoms with Crippen LogP contribution in [-0.4, -0.2) is 42.1 Å². The third-order valence-electron chi connectivity index (χ3n) is 2.87. The van der Waals surface area contributed by atoms with Crippen molar-refractivity contribution in [3.8, 4) is 0 Å². The number of hydrogen-bond donors (Lipinski definition) is 1. The van der Waals surface area contributed by atoms with Gasteiger partial charge in [-0.05, 0) is 25.7 Å². The van der Waals surface area contributed by atoms with Gasteiger partial charge in [-0.25, -0.2) is 0 Å². The third kappa shape index (κ3) is 2.95. The Kier molecular flexibility index (Phi) is 3.31. The maximum atomic E-state index is 5.72. The second-order valence-electron chi connectivity index (χ2n) is 4.67. The Morgan fingerprint density at radius 3 is 2.35 bits per heavy atom. The fourth-order valence-corrected chi connectivity index (χ4v) is 1.68. The van der Waals surface area contributed by atoms with E-state index in [1.807, 2.05) is 19.0 Å². The molecule has 94 valence electrons. The number of nitrogens with two attached hydrogens (primary N) is 1. The molecule has 2 N–H and O–H groups in total. The first-order valence-corrected chi connectivity index (χ1v) is 6.04. The molecular weight excluding hydrogens is 216 g/mol. The Bertz CT molecular complexity index is 388. The SMILES string of the molecule is CCN(CC1CC1)c1nc(N)nc(N(C)C)n1. The van der Waals surface area contributed by atoms with Crippen molar-refractivity contribution >= 4 is 17.8 Å². The minimum Gasteiger partial charge on any atom is -0.368 e. The van der Waals surface area contributed by atoms with Gasteiger partial charge in [-0.3, -0.25) is 0 Å². The van der Waals surface area contributed by atoms with Crippen LogP contribution >= 0.6 is 0 Å². The van der Waals surface area contributed by atoms with E-state index in [1.165, 1.54) is 12.8 Å². The molecule has 0 atom stereocenters. The lowest BCUT2D eigenvalue weighted by atomic mass is 10.4. The van der Waals surface area contributed by atoms with E-state index in [-0.39, 0.29) is 5.95 Å². The summed E-state index contributed by atoms with van der Waals surface area (Å²) in [5, 5.41) is 0. The Balaban J connectivity index is 2.21. The Labute approximate surface area is 102 Å². The number of rotatable bonds is 5. The second kappa shape index (κ2) is 4.73. The largest absolute Gasteiger partial charge is 0.368 e. The summed E-state index contributed by atoms with van der Waals surface area (Å²) in [5.41, 5.74) is 5.72. The Morgan fingerprint density at radius 1 is 1.18 bits per heavy atom. The van der Waals surface area contributed by atoms with Crippen LogP contribution in [0.2, 0.25) is 0 Å². The zero-order chi connectivity index (χ0) is 12.4. The lowest BCUT2D eigenvalue weighted by Crippen LogP contribution is -2.28. The summed E-state index contributed by atoms with van der Waals surface area (Å²) in [5.74, 6) is 2.39. The summed E-state index contributed by atoms with van der Waals surface area (Å²) in [7, 11) is 3.80. The minimum atomic E-state index is 0.285. The molecule has 6 nitrogen and oxygen atoms in total. The van der Waals surface area contributed by atoms with Gasteiger partial charge in [0.25, 0.3) is 0 Å². The van der Waals surface area contributed by atoms with Crippen LogP contribution in [0.25, 0.3) is 0 Å². The summed E-state index contributed by atoms with van der Waals surface area (Å²) in [6.45, 7) is 4.03. The topological polar surface area (TPSA) is 71.2 Å². The highest BCUT2D eigenvalue weighted by Crippen LogP contribution is 2.30. The van der Waals surface area contributed by atoms with Crippen LogP contribution in [-0.2, 0) is 0 Å². The highest BCUT2D eigenvalue weighted by Gasteiger charge is 2.25. The lowest BCUT2D eigenvalue weighted by Gasteiger charge is -2.21. The maximum absolute atomic E-state index is 5.72. The van der Waals surface area contributed by atoms with Gasteiger partial charge in [0, 0.05) is 27.2 Å². The molecular formula is C11H20N6. The van der Waals surface area contributed by atoms with E-state index >= 15 is 0 Å². The fraction of sp³-hybridized carbons (Fsp3) is 0.727. The predicted molar refractivity (Wildman–Crippen MR) is 69.2 cm³/mol. The molecule has 0 bridgehead atoms. The normalized spacial score (nSPS) is 14.8. The van der Waals surface area contributed by atoms with E-state index in [0.29, 0.717) is 11.9 Å². The molecule has 6 heteroatoms. The van der Waals surface area contributed by atoms with E-state index < -0.39 is 0 Å². The molecule has 1 aliphatic carbocycles. The highest BCUT2D eigenvalue weighted by molar-refractivity contribution is 5.42. The van der Waals surface area contributed by atoms with Gasteiger partial charge in [-0.2, -0.15) is 15.0 Å². The first-order chi connectivity index (χ1) is 8.10. The first kappa shape index (κ1) is 11.9. The van der Waals surface area contributed by atoms with Crippen LogP contribution in [0.4, 0.5) is 17.8 Å². The average Bonchev–Trinajstić information content (AvgIpc) is 3.08. The molecule has 0 spiro atoms. The molecule has 1 saturated carbocycles. The van der Waals surface area contributed by atoms with E-state index in [9.17, 15) is 0 Å². The molecule has 1 aliphatic rings. The molecule has 1 fully saturated rings. The van der Waals surface area contributed by atoms with Crippen molar-refractivity contribution in [1.82, 2.24) is 15.0 Å². The summed E-state index contributed by atoms with van der Waals surface area (Å²) in [6, 6.07) is 0. The molecule has 0 unspecified atom stereocenters. The smallest absolute Gasteiger partial charge is 0.231 e. The van der Waals surface area contributed by atoms with Crippen molar-refractivity contribution in [3.63, 3.8) is 0 Å². The van der Waals surface area contributed by atoms with E-state index in [1.54, 1.807) is 0 Å². The van der Waals surface area contributed by atoms with Crippen LogP contribution in [0, 0.1) is 5.92 Å². The molecule has 0 saturated heterocycles. The predicted octanol–water partition coefficient (Wildman–Crippen LogP) is 0.756. The van der Waals surface area contributed by atoms with Crippen LogP contribution in [0.5, 0.6) is 0 Å². The number of hydrogen-bond acceptors (Lipinski definition) is 6. The van der Waals surface area contributed by atoms with Gasteiger partial charge in [0.15, 0.2) is 0 Å². The molecule has 0 amide bonds. The average molecular weight is 236 g/mol. The number of anilines is 3. The zero-order valence-electron chi connectivity index (χ0n) is 10.7. The van der Waals surface area contributed by atoms with Crippen molar-refractivity contribution in [2.24, 2.45) is 5.92 Å². The summed E-state index contributed by atoms with van der Waals surface area (Å²) < 4.78 is 0. The van der Waals surface area contributed by atoms with E-state index in [2.05, 4.69) is 26.8 Å². The number of nitrogens with zero attached hydrogens (tertiary/aromatic N) is 5. The van der Waals surface area contributed by atoms with Crippen molar-refractivity contribution in [3.05, 3.63) is 0 Å². The van der Waals surface area contributed by atoms with Gasteiger partial charge >= 0.3 is 0 Å². The molecule has 17 heavy (non-hydrogen) atoms. The zero-order valence-corrected chi connectivity index (χ0v) is 10.7. The fourth-order valence-electron chi connectivity index (χ4n) is 1.68. The first-order valence-electron chi connectivity index (χ1n) is 6.04. The van der Waals surface area contributed by atoms with Gasteiger partial charge in [0.1, 0.15) is 0 Å². The molecule has 1 heterocycles. The lowest BCUT2D eigenvalue weighted by molar-refractivity contribution is 0.716. The Hall–Kier alpha value is -1.59. The number of aromatic nitrogens is 3. The van der Waals surface area contributed by atoms with Crippen LogP contribution < -0.4 is 15.5 Å². The van der Waals surface area contributed by atoms with Gasteiger partial charge in [-0.15, -0.1) is 0 Å².